The Bertz CT molecular complexity index is 1250. The number of rotatable bonds is 7. The molecule has 4 nitrogen and oxygen atoms in total. The standard InChI is InChI=1S/C25H19F8NO3/c1-2-3-12-10-35-24(36-11-12)14-6-20(30)23(34-9-14)13-4-16(26)21(17(27)5-13)25(32,33)37-15-7-18(28)22(31)19(29)8-15/h4-9,12,24H,2-3,10-11H2,1H3. The van der Waals surface area contributed by atoms with Crippen molar-refractivity contribution in [1.29, 1.82) is 0 Å². The highest BCUT2D eigenvalue weighted by Gasteiger charge is 2.42. The van der Waals surface area contributed by atoms with Crippen LogP contribution >= 0.6 is 0 Å². The molecule has 198 valence electrons. The van der Waals surface area contributed by atoms with E-state index in [1.165, 1.54) is 6.20 Å². The van der Waals surface area contributed by atoms with Crippen molar-refractivity contribution in [3.8, 4) is 17.0 Å². The summed E-state index contributed by atoms with van der Waals surface area (Å²) in [6.45, 7) is 2.81. The maximum Gasteiger partial charge on any atom is 0.432 e. The molecule has 1 fully saturated rings. The van der Waals surface area contributed by atoms with Crippen LogP contribution in [0.25, 0.3) is 11.3 Å². The van der Waals surface area contributed by atoms with Crippen molar-refractivity contribution >= 4 is 0 Å². The molecule has 2 aromatic carbocycles. The van der Waals surface area contributed by atoms with Crippen molar-refractivity contribution in [1.82, 2.24) is 4.98 Å². The molecule has 1 saturated heterocycles. The van der Waals surface area contributed by atoms with Crippen molar-refractivity contribution < 1.29 is 49.3 Å². The summed E-state index contributed by atoms with van der Waals surface area (Å²) in [5.74, 6) is -11.4. The second-order valence-corrected chi connectivity index (χ2v) is 8.39. The molecule has 0 N–H and O–H groups in total. The SMILES string of the molecule is CCCC1COC(c2cnc(-c3cc(F)c(C(F)(F)Oc4cc(F)c(F)c(F)c4)c(F)c3)c(F)c2)OC1. The molecule has 1 aliphatic heterocycles. The first-order chi connectivity index (χ1) is 17.5. The number of alkyl halides is 2. The lowest BCUT2D eigenvalue weighted by Crippen LogP contribution is -2.27. The molecule has 12 heteroatoms. The number of ether oxygens (including phenoxy) is 3. The van der Waals surface area contributed by atoms with Gasteiger partial charge in [-0.1, -0.05) is 13.3 Å². The molecule has 0 bridgehead atoms. The molecule has 1 aromatic heterocycles. The van der Waals surface area contributed by atoms with Crippen LogP contribution in [0, 0.1) is 40.8 Å². The number of pyridine rings is 1. The maximum absolute atomic E-state index is 14.8. The smallest absolute Gasteiger partial charge is 0.429 e. The van der Waals surface area contributed by atoms with E-state index in [2.05, 4.69) is 9.72 Å². The molecule has 0 unspecified atom stereocenters. The lowest BCUT2D eigenvalue weighted by molar-refractivity contribution is -0.206. The van der Waals surface area contributed by atoms with E-state index in [0.29, 0.717) is 25.3 Å². The third-order valence-electron chi connectivity index (χ3n) is 5.61. The minimum Gasteiger partial charge on any atom is -0.429 e. The summed E-state index contributed by atoms with van der Waals surface area (Å²) in [6, 6.07) is 1.96. The third kappa shape index (κ3) is 5.69. The average molecular weight is 533 g/mol. The van der Waals surface area contributed by atoms with Gasteiger partial charge < -0.3 is 14.2 Å². The van der Waals surface area contributed by atoms with Gasteiger partial charge in [0.25, 0.3) is 0 Å². The second-order valence-electron chi connectivity index (χ2n) is 8.39. The fraction of sp³-hybridized carbons (Fsp3) is 0.320. The molecular formula is C25H19F8NO3. The van der Waals surface area contributed by atoms with E-state index in [9.17, 15) is 35.1 Å². The number of hydrogen-bond acceptors (Lipinski definition) is 4. The first-order valence-electron chi connectivity index (χ1n) is 11.1. The molecule has 0 spiro atoms. The number of nitrogens with zero attached hydrogens (tertiary/aromatic N) is 1. The molecular weight excluding hydrogens is 514 g/mol. The second kappa shape index (κ2) is 10.6. The first-order valence-corrected chi connectivity index (χ1v) is 11.1. The van der Waals surface area contributed by atoms with E-state index in [1.54, 1.807) is 0 Å². The summed E-state index contributed by atoms with van der Waals surface area (Å²) in [6.07, 6.45) is -2.66. The van der Waals surface area contributed by atoms with Gasteiger partial charge in [-0.25, -0.2) is 26.3 Å². The third-order valence-corrected chi connectivity index (χ3v) is 5.61. The van der Waals surface area contributed by atoms with E-state index in [4.69, 9.17) is 9.47 Å². The fourth-order valence-electron chi connectivity index (χ4n) is 3.88. The van der Waals surface area contributed by atoms with Crippen LogP contribution in [0.4, 0.5) is 35.1 Å². The highest BCUT2D eigenvalue weighted by molar-refractivity contribution is 5.61. The zero-order valence-corrected chi connectivity index (χ0v) is 19.1. The topological polar surface area (TPSA) is 40.6 Å². The zero-order chi connectivity index (χ0) is 26.9. The Labute approximate surface area is 205 Å². The molecule has 0 atom stereocenters. The van der Waals surface area contributed by atoms with Crippen LogP contribution < -0.4 is 4.74 Å². The molecule has 37 heavy (non-hydrogen) atoms. The normalized spacial score (nSPS) is 18.2. The van der Waals surface area contributed by atoms with Gasteiger partial charge in [-0.2, -0.15) is 8.78 Å². The fourth-order valence-corrected chi connectivity index (χ4v) is 3.88. The Morgan fingerprint density at radius 2 is 1.46 bits per heavy atom. The number of hydrogen-bond donors (Lipinski definition) is 0. The van der Waals surface area contributed by atoms with Crippen LogP contribution in [-0.4, -0.2) is 18.2 Å². The van der Waals surface area contributed by atoms with Gasteiger partial charge in [-0.05, 0) is 24.6 Å². The molecule has 1 aliphatic rings. The van der Waals surface area contributed by atoms with Gasteiger partial charge in [0.1, 0.15) is 34.5 Å². The minimum atomic E-state index is -4.77. The molecule has 0 saturated carbocycles. The highest BCUT2D eigenvalue weighted by Crippen LogP contribution is 2.38. The van der Waals surface area contributed by atoms with Gasteiger partial charge in [0.05, 0.1) is 13.2 Å². The van der Waals surface area contributed by atoms with E-state index < -0.39 is 69.9 Å². The van der Waals surface area contributed by atoms with Gasteiger partial charge >= 0.3 is 6.11 Å². The monoisotopic (exact) mass is 533 g/mol. The van der Waals surface area contributed by atoms with Gasteiger partial charge in [0, 0.05) is 35.4 Å². The van der Waals surface area contributed by atoms with Crippen molar-refractivity contribution in [2.45, 2.75) is 32.2 Å². The number of aromatic nitrogens is 1. The molecule has 3 aromatic rings. The van der Waals surface area contributed by atoms with Gasteiger partial charge in [-0.3, -0.25) is 4.98 Å². The first kappa shape index (κ1) is 26.8. The predicted octanol–water partition coefficient (Wildman–Crippen LogP) is 7.17. The van der Waals surface area contributed by atoms with E-state index in [0.717, 1.165) is 18.9 Å². The summed E-state index contributed by atoms with van der Waals surface area (Å²) in [5.41, 5.74) is -2.75. The van der Waals surface area contributed by atoms with Crippen LogP contribution in [0.5, 0.6) is 5.75 Å². The molecule has 0 aliphatic carbocycles. The highest BCUT2D eigenvalue weighted by atomic mass is 19.3. The van der Waals surface area contributed by atoms with E-state index >= 15 is 0 Å². The van der Waals surface area contributed by atoms with E-state index in [-0.39, 0.29) is 23.6 Å². The Hall–Kier alpha value is -3.25. The van der Waals surface area contributed by atoms with Gasteiger partial charge in [0.15, 0.2) is 23.7 Å². The Kier molecular flexibility index (Phi) is 7.69. The lowest BCUT2D eigenvalue weighted by atomic mass is 10.0. The minimum absolute atomic E-state index is 0.0844. The molecule has 0 radical (unpaired) electrons. The summed E-state index contributed by atoms with van der Waals surface area (Å²) < 4.78 is 128. The largest absolute Gasteiger partial charge is 0.432 e. The van der Waals surface area contributed by atoms with Crippen LogP contribution in [0.1, 0.15) is 37.2 Å². The summed E-state index contributed by atoms with van der Waals surface area (Å²) in [5, 5.41) is 0. The number of benzene rings is 2. The summed E-state index contributed by atoms with van der Waals surface area (Å²) in [4.78, 5) is 3.84. The van der Waals surface area contributed by atoms with Crippen molar-refractivity contribution in [3.63, 3.8) is 0 Å². The number of halogens is 8. The van der Waals surface area contributed by atoms with Crippen LogP contribution in [0.3, 0.4) is 0 Å². The van der Waals surface area contributed by atoms with Crippen LogP contribution in [0.15, 0.2) is 36.5 Å². The lowest BCUT2D eigenvalue weighted by Gasteiger charge is -2.29. The van der Waals surface area contributed by atoms with Crippen molar-refractivity contribution in [2.24, 2.45) is 5.92 Å². The molecule has 4 rings (SSSR count). The van der Waals surface area contributed by atoms with Crippen molar-refractivity contribution in [3.05, 3.63) is 82.6 Å². The predicted molar refractivity (Wildman–Crippen MR) is 113 cm³/mol. The summed E-state index contributed by atoms with van der Waals surface area (Å²) >= 11 is 0. The maximum atomic E-state index is 14.8. The quantitative estimate of drug-likeness (QED) is 0.239. The molecule has 2 heterocycles. The van der Waals surface area contributed by atoms with Gasteiger partial charge in [0.2, 0.25) is 0 Å². The van der Waals surface area contributed by atoms with Crippen molar-refractivity contribution in [2.75, 3.05) is 13.2 Å². The van der Waals surface area contributed by atoms with E-state index in [1.807, 2.05) is 6.92 Å². The Balaban J connectivity index is 1.57. The Morgan fingerprint density at radius 3 is 2.00 bits per heavy atom. The average Bonchev–Trinajstić information content (AvgIpc) is 2.82. The zero-order valence-electron chi connectivity index (χ0n) is 19.1. The summed E-state index contributed by atoms with van der Waals surface area (Å²) in [7, 11) is 0. The Morgan fingerprint density at radius 1 is 0.865 bits per heavy atom. The van der Waals surface area contributed by atoms with Gasteiger partial charge in [-0.15, -0.1) is 0 Å². The van der Waals surface area contributed by atoms with Crippen LogP contribution in [0.2, 0.25) is 0 Å². The molecule has 0 amide bonds. The van der Waals surface area contributed by atoms with Crippen LogP contribution in [-0.2, 0) is 15.6 Å².